The molecule has 4 heteroatoms. The number of carbonyl (C=O) groups is 1. The van der Waals surface area contributed by atoms with Crippen molar-refractivity contribution in [1.29, 1.82) is 0 Å². The van der Waals surface area contributed by atoms with Gasteiger partial charge in [0.15, 0.2) is 0 Å². The topological polar surface area (TPSA) is 41.6 Å². The van der Waals surface area contributed by atoms with Gasteiger partial charge in [-0.3, -0.25) is 9.69 Å². The zero-order valence-corrected chi connectivity index (χ0v) is 14.8. The lowest BCUT2D eigenvalue weighted by Gasteiger charge is -2.37. The summed E-state index contributed by atoms with van der Waals surface area (Å²) in [4.78, 5) is 14.5. The van der Waals surface area contributed by atoms with Crippen molar-refractivity contribution in [3.05, 3.63) is 29.8 Å². The van der Waals surface area contributed by atoms with Gasteiger partial charge in [-0.05, 0) is 49.5 Å². The third-order valence-electron chi connectivity index (χ3n) is 4.75. The number of carbonyl (C=O) groups excluding carboxylic acids is 1. The number of benzene rings is 1. The van der Waals surface area contributed by atoms with Crippen LogP contribution in [0.3, 0.4) is 0 Å². The fourth-order valence-corrected chi connectivity index (χ4v) is 3.03. The largest absolute Gasteiger partial charge is 0.497 e. The highest BCUT2D eigenvalue weighted by Gasteiger charge is 2.25. The summed E-state index contributed by atoms with van der Waals surface area (Å²) in [5.41, 5.74) is 1.24. The van der Waals surface area contributed by atoms with Gasteiger partial charge in [0.05, 0.1) is 13.2 Å². The molecule has 1 amide bonds. The van der Waals surface area contributed by atoms with Gasteiger partial charge < -0.3 is 10.1 Å². The monoisotopic (exact) mass is 318 g/mol. The van der Waals surface area contributed by atoms with E-state index in [9.17, 15) is 4.79 Å². The van der Waals surface area contributed by atoms with Crippen molar-refractivity contribution < 1.29 is 9.53 Å². The van der Waals surface area contributed by atoms with E-state index in [-0.39, 0.29) is 17.9 Å². The van der Waals surface area contributed by atoms with Gasteiger partial charge in [-0.25, -0.2) is 0 Å². The Morgan fingerprint density at radius 3 is 2.39 bits per heavy atom. The molecule has 2 rings (SSSR count). The quantitative estimate of drug-likeness (QED) is 0.875. The maximum atomic E-state index is 12.0. The van der Waals surface area contributed by atoms with Crippen LogP contribution in [0.2, 0.25) is 0 Å². The molecule has 0 radical (unpaired) electrons. The molecule has 1 fully saturated rings. The van der Waals surface area contributed by atoms with Crippen LogP contribution in [0.5, 0.6) is 5.75 Å². The number of piperidine rings is 1. The molecule has 0 saturated carbocycles. The Balaban J connectivity index is 2.11. The lowest BCUT2D eigenvalue weighted by molar-refractivity contribution is -0.124. The first-order chi connectivity index (χ1) is 11.0. The Hall–Kier alpha value is -1.55. The van der Waals surface area contributed by atoms with Crippen molar-refractivity contribution >= 4 is 5.91 Å². The fraction of sp³-hybridized carbons (Fsp3) is 0.632. The van der Waals surface area contributed by atoms with Crippen LogP contribution in [0.4, 0.5) is 0 Å². The fourth-order valence-electron chi connectivity index (χ4n) is 3.03. The maximum absolute atomic E-state index is 12.0. The first-order valence-corrected chi connectivity index (χ1v) is 8.67. The number of methoxy groups -OCH3 is 1. The third-order valence-corrected chi connectivity index (χ3v) is 4.75. The van der Waals surface area contributed by atoms with Crippen LogP contribution in [-0.2, 0) is 4.79 Å². The molecule has 128 valence electrons. The molecule has 23 heavy (non-hydrogen) atoms. The number of hydrogen-bond acceptors (Lipinski definition) is 3. The lowest BCUT2D eigenvalue weighted by atomic mass is 9.95. The van der Waals surface area contributed by atoms with E-state index in [1.165, 1.54) is 18.4 Å². The van der Waals surface area contributed by atoms with Gasteiger partial charge in [0, 0.05) is 12.5 Å². The summed E-state index contributed by atoms with van der Waals surface area (Å²) >= 11 is 0. The second-order valence-corrected chi connectivity index (χ2v) is 6.91. The molecule has 1 atom stereocenters. The van der Waals surface area contributed by atoms with Gasteiger partial charge in [-0.1, -0.05) is 32.9 Å². The van der Waals surface area contributed by atoms with Crippen molar-refractivity contribution in [3.63, 3.8) is 0 Å². The van der Waals surface area contributed by atoms with Crippen LogP contribution < -0.4 is 10.1 Å². The first-order valence-electron chi connectivity index (χ1n) is 8.67. The van der Waals surface area contributed by atoms with E-state index < -0.39 is 0 Å². The smallest absolute Gasteiger partial charge is 0.222 e. The highest BCUT2D eigenvalue weighted by Crippen LogP contribution is 2.27. The van der Waals surface area contributed by atoms with E-state index in [0.29, 0.717) is 6.54 Å². The van der Waals surface area contributed by atoms with Gasteiger partial charge in [-0.2, -0.15) is 0 Å². The van der Waals surface area contributed by atoms with Gasteiger partial charge in [0.2, 0.25) is 5.91 Å². The number of hydrogen-bond donors (Lipinski definition) is 1. The molecule has 1 N–H and O–H groups in total. The molecule has 1 aromatic rings. The molecular weight excluding hydrogens is 288 g/mol. The Kier molecular flexibility index (Phi) is 6.46. The van der Waals surface area contributed by atoms with E-state index in [4.69, 9.17) is 4.74 Å². The highest BCUT2D eigenvalue weighted by molar-refractivity contribution is 5.77. The molecule has 1 unspecified atom stereocenters. The van der Waals surface area contributed by atoms with Crippen molar-refractivity contribution in [1.82, 2.24) is 10.2 Å². The van der Waals surface area contributed by atoms with Crippen LogP contribution in [0.1, 0.15) is 45.2 Å². The predicted octanol–water partition coefficient (Wildman–Crippen LogP) is 3.24. The summed E-state index contributed by atoms with van der Waals surface area (Å²) in [6, 6.07) is 8.46. The summed E-state index contributed by atoms with van der Waals surface area (Å²) in [6.07, 6.45) is 2.45. The molecule has 1 aliphatic heterocycles. The average Bonchev–Trinajstić information content (AvgIpc) is 2.56. The van der Waals surface area contributed by atoms with Gasteiger partial charge >= 0.3 is 0 Å². The van der Waals surface area contributed by atoms with Crippen molar-refractivity contribution in [3.8, 4) is 5.75 Å². The zero-order valence-electron chi connectivity index (χ0n) is 14.8. The minimum absolute atomic E-state index is 0.0212. The highest BCUT2D eigenvalue weighted by atomic mass is 16.5. The summed E-state index contributed by atoms with van der Waals surface area (Å²) < 4.78 is 5.25. The second-order valence-electron chi connectivity index (χ2n) is 6.91. The molecule has 0 spiro atoms. The number of amides is 1. The Bertz CT molecular complexity index is 491. The first kappa shape index (κ1) is 17.8. The van der Waals surface area contributed by atoms with E-state index >= 15 is 0 Å². The van der Waals surface area contributed by atoms with Crippen LogP contribution in [0, 0.1) is 11.8 Å². The molecule has 0 aliphatic carbocycles. The number of likely N-dealkylation sites (tertiary alicyclic amines) is 1. The van der Waals surface area contributed by atoms with Crippen LogP contribution in [-0.4, -0.2) is 37.6 Å². The Morgan fingerprint density at radius 2 is 1.87 bits per heavy atom. The minimum Gasteiger partial charge on any atom is -0.497 e. The second kappa shape index (κ2) is 8.34. The van der Waals surface area contributed by atoms with Crippen LogP contribution in [0.25, 0.3) is 0 Å². The lowest BCUT2D eigenvalue weighted by Crippen LogP contribution is -2.42. The van der Waals surface area contributed by atoms with E-state index in [2.05, 4.69) is 29.3 Å². The van der Waals surface area contributed by atoms with Crippen LogP contribution in [0.15, 0.2) is 24.3 Å². The van der Waals surface area contributed by atoms with E-state index in [1.54, 1.807) is 7.11 Å². The van der Waals surface area contributed by atoms with Crippen molar-refractivity contribution in [2.24, 2.45) is 11.8 Å². The third kappa shape index (κ3) is 4.96. The zero-order chi connectivity index (χ0) is 16.8. The summed E-state index contributed by atoms with van der Waals surface area (Å²) in [5, 5.41) is 3.11. The average molecular weight is 318 g/mol. The van der Waals surface area contributed by atoms with Gasteiger partial charge in [-0.15, -0.1) is 0 Å². The minimum atomic E-state index is 0.0212. The molecular formula is C19H30N2O2. The van der Waals surface area contributed by atoms with E-state index in [0.717, 1.165) is 24.8 Å². The molecule has 0 aromatic heterocycles. The SMILES string of the molecule is COc1ccc(C(CNC(=O)C(C)C)N2CCC(C)CC2)cc1. The summed E-state index contributed by atoms with van der Waals surface area (Å²) in [5.74, 6) is 1.81. The number of nitrogens with one attached hydrogen (secondary N) is 1. The summed E-state index contributed by atoms with van der Waals surface area (Å²) in [7, 11) is 1.68. The normalized spacial score (nSPS) is 18.0. The molecule has 4 nitrogen and oxygen atoms in total. The van der Waals surface area contributed by atoms with E-state index in [1.807, 2.05) is 26.0 Å². The number of nitrogens with zero attached hydrogens (tertiary/aromatic N) is 1. The summed E-state index contributed by atoms with van der Waals surface area (Å²) in [6.45, 7) is 9.03. The molecule has 1 aromatic carbocycles. The Labute approximate surface area is 140 Å². The van der Waals surface area contributed by atoms with Crippen molar-refractivity contribution in [2.45, 2.75) is 39.7 Å². The molecule has 1 saturated heterocycles. The molecule has 1 aliphatic rings. The molecule has 1 heterocycles. The van der Waals surface area contributed by atoms with Gasteiger partial charge in [0.1, 0.15) is 5.75 Å². The van der Waals surface area contributed by atoms with Crippen LogP contribution >= 0.6 is 0 Å². The number of rotatable bonds is 6. The van der Waals surface area contributed by atoms with Crippen molar-refractivity contribution in [2.75, 3.05) is 26.7 Å². The standard InChI is InChI=1S/C19H30N2O2/c1-14(2)19(22)20-13-18(21-11-9-15(3)10-12-21)16-5-7-17(23-4)8-6-16/h5-8,14-15,18H,9-13H2,1-4H3,(H,20,22). The Morgan fingerprint density at radius 1 is 1.26 bits per heavy atom. The predicted molar refractivity (Wildman–Crippen MR) is 93.6 cm³/mol. The maximum Gasteiger partial charge on any atom is 0.222 e. The number of ether oxygens (including phenoxy) is 1. The van der Waals surface area contributed by atoms with Gasteiger partial charge in [0.25, 0.3) is 0 Å². The molecule has 0 bridgehead atoms.